The standard InChI is InChI=1S/C25H36N4O2/c1-18-8-9-23-22(15-18)24(27-26-23)25(30)29(17-21-7-4-14-31-21)16-19-10-12-28(13-11-19)20-5-2-3-6-20/h8-9,15,19-21H,2-7,10-14,16-17H2,1H3,(H,26,27). The molecule has 0 radical (unpaired) electrons. The fraction of sp³-hybridized carbons (Fsp3) is 0.680. The Labute approximate surface area is 185 Å². The van der Waals surface area contributed by atoms with Crippen molar-refractivity contribution >= 4 is 16.8 Å². The van der Waals surface area contributed by atoms with Gasteiger partial charge in [0, 0.05) is 31.1 Å². The van der Waals surface area contributed by atoms with Crippen LogP contribution in [0.2, 0.25) is 0 Å². The van der Waals surface area contributed by atoms with Crippen molar-refractivity contribution in [3.8, 4) is 0 Å². The Morgan fingerprint density at radius 3 is 2.68 bits per heavy atom. The van der Waals surface area contributed by atoms with E-state index in [0.717, 1.165) is 48.5 Å². The van der Waals surface area contributed by atoms with Gasteiger partial charge >= 0.3 is 0 Å². The number of rotatable bonds is 6. The van der Waals surface area contributed by atoms with Crippen LogP contribution in [0.25, 0.3) is 10.9 Å². The molecule has 0 spiro atoms. The van der Waals surface area contributed by atoms with E-state index in [9.17, 15) is 4.79 Å². The zero-order valence-electron chi connectivity index (χ0n) is 18.8. The van der Waals surface area contributed by atoms with E-state index in [2.05, 4.69) is 34.2 Å². The molecule has 3 aliphatic rings. The van der Waals surface area contributed by atoms with Crippen molar-refractivity contribution in [2.24, 2.45) is 5.92 Å². The zero-order valence-corrected chi connectivity index (χ0v) is 18.8. The second-order valence-electron chi connectivity index (χ2n) is 9.88. The summed E-state index contributed by atoms with van der Waals surface area (Å²) < 4.78 is 5.90. The lowest BCUT2D eigenvalue weighted by Gasteiger charge is -2.38. The lowest BCUT2D eigenvalue weighted by Crippen LogP contribution is -2.45. The Bertz CT molecular complexity index is 890. The van der Waals surface area contributed by atoms with Crippen LogP contribution in [0.3, 0.4) is 0 Å². The van der Waals surface area contributed by atoms with Gasteiger partial charge in [-0.2, -0.15) is 5.10 Å². The molecular weight excluding hydrogens is 388 g/mol. The second-order valence-corrected chi connectivity index (χ2v) is 9.88. The number of amides is 1. The number of nitrogens with zero attached hydrogens (tertiary/aromatic N) is 3. The molecule has 1 atom stereocenters. The molecular formula is C25H36N4O2. The van der Waals surface area contributed by atoms with Gasteiger partial charge in [-0.05, 0) is 76.6 Å². The molecule has 1 saturated carbocycles. The molecule has 3 fully saturated rings. The third-order valence-electron chi connectivity index (χ3n) is 7.62. The minimum atomic E-state index is 0.0468. The van der Waals surface area contributed by atoms with Crippen molar-refractivity contribution in [2.75, 3.05) is 32.8 Å². The monoisotopic (exact) mass is 424 g/mol. The van der Waals surface area contributed by atoms with Crippen molar-refractivity contribution < 1.29 is 9.53 Å². The van der Waals surface area contributed by atoms with Crippen molar-refractivity contribution in [2.45, 2.75) is 70.4 Å². The van der Waals surface area contributed by atoms with Crippen molar-refractivity contribution in [3.63, 3.8) is 0 Å². The molecule has 1 aliphatic carbocycles. The Balaban J connectivity index is 1.29. The summed E-state index contributed by atoms with van der Waals surface area (Å²) in [6.07, 6.45) is 10.2. The molecule has 2 saturated heterocycles. The summed E-state index contributed by atoms with van der Waals surface area (Å²) in [6.45, 7) is 6.74. The topological polar surface area (TPSA) is 61.5 Å². The molecule has 1 unspecified atom stereocenters. The van der Waals surface area contributed by atoms with Gasteiger partial charge in [0.05, 0.1) is 11.6 Å². The number of hydrogen-bond acceptors (Lipinski definition) is 4. The first-order valence-corrected chi connectivity index (χ1v) is 12.3. The van der Waals surface area contributed by atoms with Gasteiger partial charge in [-0.15, -0.1) is 0 Å². The molecule has 6 heteroatoms. The van der Waals surface area contributed by atoms with Gasteiger partial charge in [0.15, 0.2) is 5.69 Å². The Morgan fingerprint density at radius 1 is 1.13 bits per heavy atom. The normalized spacial score (nSPS) is 23.7. The zero-order chi connectivity index (χ0) is 21.2. The van der Waals surface area contributed by atoms with Crippen LogP contribution in [-0.2, 0) is 4.74 Å². The number of aromatic nitrogens is 2. The first-order valence-electron chi connectivity index (χ1n) is 12.3. The van der Waals surface area contributed by atoms with Crippen LogP contribution in [0, 0.1) is 12.8 Å². The Hall–Kier alpha value is -1.92. The number of piperidine rings is 1. The van der Waals surface area contributed by atoms with Crippen LogP contribution in [0.1, 0.15) is 67.4 Å². The quantitative estimate of drug-likeness (QED) is 0.757. The smallest absolute Gasteiger partial charge is 0.275 e. The molecule has 1 amide bonds. The first kappa shape index (κ1) is 21.0. The predicted octanol–water partition coefficient (Wildman–Crippen LogP) is 4.15. The maximum absolute atomic E-state index is 13.6. The van der Waals surface area contributed by atoms with Crippen LogP contribution >= 0.6 is 0 Å². The van der Waals surface area contributed by atoms with Crippen LogP contribution in [0.15, 0.2) is 18.2 Å². The number of aryl methyl sites for hydroxylation is 1. The summed E-state index contributed by atoms with van der Waals surface area (Å²) in [7, 11) is 0. The third-order valence-corrected chi connectivity index (χ3v) is 7.62. The van der Waals surface area contributed by atoms with E-state index in [1.807, 2.05) is 11.0 Å². The van der Waals surface area contributed by atoms with Crippen LogP contribution < -0.4 is 0 Å². The van der Waals surface area contributed by atoms with E-state index in [4.69, 9.17) is 4.74 Å². The minimum Gasteiger partial charge on any atom is -0.376 e. The van der Waals surface area contributed by atoms with Crippen LogP contribution in [0.4, 0.5) is 0 Å². The molecule has 1 N–H and O–H groups in total. The largest absolute Gasteiger partial charge is 0.376 e. The molecule has 31 heavy (non-hydrogen) atoms. The highest BCUT2D eigenvalue weighted by Crippen LogP contribution is 2.29. The number of benzene rings is 1. The second kappa shape index (κ2) is 9.29. The van der Waals surface area contributed by atoms with E-state index < -0.39 is 0 Å². The van der Waals surface area contributed by atoms with Crippen molar-refractivity contribution in [1.82, 2.24) is 20.0 Å². The van der Waals surface area contributed by atoms with E-state index in [1.54, 1.807) is 0 Å². The SMILES string of the molecule is Cc1ccc2[nH]nc(C(=O)N(CC3CCN(C4CCCC4)CC3)CC3CCCO3)c2c1. The molecule has 0 bridgehead atoms. The van der Waals surface area contributed by atoms with Crippen molar-refractivity contribution in [3.05, 3.63) is 29.5 Å². The average molecular weight is 425 g/mol. The summed E-state index contributed by atoms with van der Waals surface area (Å²) in [5.74, 6) is 0.612. The maximum atomic E-state index is 13.6. The lowest BCUT2D eigenvalue weighted by molar-refractivity contribution is 0.0426. The predicted molar refractivity (Wildman–Crippen MR) is 122 cm³/mol. The van der Waals surface area contributed by atoms with Crippen molar-refractivity contribution in [1.29, 1.82) is 0 Å². The van der Waals surface area contributed by atoms with Gasteiger partial charge in [-0.1, -0.05) is 24.5 Å². The van der Waals surface area contributed by atoms with E-state index in [1.165, 1.54) is 51.6 Å². The van der Waals surface area contributed by atoms with Gasteiger partial charge in [0.1, 0.15) is 0 Å². The lowest BCUT2D eigenvalue weighted by atomic mass is 9.94. The molecule has 1 aromatic heterocycles. The van der Waals surface area contributed by atoms with E-state index in [-0.39, 0.29) is 12.0 Å². The highest BCUT2D eigenvalue weighted by molar-refractivity contribution is 6.04. The summed E-state index contributed by atoms with van der Waals surface area (Å²) in [5, 5.41) is 8.40. The highest BCUT2D eigenvalue weighted by Gasteiger charge is 2.31. The number of carbonyl (C=O) groups is 1. The third kappa shape index (κ3) is 4.65. The first-order chi connectivity index (χ1) is 15.2. The molecule has 168 valence electrons. The number of fused-ring (bicyclic) bond motifs is 1. The highest BCUT2D eigenvalue weighted by atomic mass is 16.5. The van der Waals surface area contributed by atoms with Gasteiger partial charge in [0.2, 0.25) is 0 Å². The molecule has 5 rings (SSSR count). The van der Waals surface area contributed by atoms with Gasteiger partial charge in [0.25, 0.3) is 5.91 Å². The number of ether oxygens (including phenoxy) is 1. The van der Waals surface area contributed by atoms with Crippen LogP contribution in [-0.4, -0.2) is 70.8 Å². The Kier molecular flexibility index (Phi) is 6.28. The number of H-pyrrole nitrogens is 1. The Morgan fingerprint density at radius 2 is 1.94 bits per heavy atom. The molecule has 2 aromatic rings. The molecule has 6 nitrogen and oxygen atoms in total. The van der Waals surface area contributed by atoms with E-state index >= 15 is 0 Å². The molecule has 2 aliphatic heterocycles. The maximum Gasteiger partial charge on any atom is 0.275 e. The summed E-state index contributed by atoms with van der Waals surface area (Å²) in [4.78, 5) is 18.4. The summed E-state index contributed by atoms with van der Waals surface area (Å²) >= 11 is 0. The number of aromatic amines is 1. The molecule has 1 aromatic carbocycles. The molecule has 3 heterocycles. The number of hydrogen-bond donors (Lipinski definition) is 1. The average Bonchev–Trinajstić information content (AvgIpc) is 3.55. The van der Waals surface area contributed by atoms with E-state index in [0.29, 0.717) is 18.2 Å². The number of carbonyl (C=O) groups excluding carboxylic acids is 1. The van der Waals surface area contributed by atoms with Gasteiger partial charge < -0.3 is 14.5 Å². The number of nitrogens with one attached hydrogen (secondary N) is 1. The van der Waals surface area contributed by atoms with Gasteiger partial charge in [-0.25, -0.2) is 0 Å². The number of likely N-dealkylation sites (tertiary alicyclic amines) is 1. The summed E-state index contributed by atoms with van der Waals surface area (Å²) in [6, 6.07) is 6.94. The fourth-order valence-corrected chi connectivity index (χ4v) is 5.80. The summed E-state index contributed by atoms with van der Waals surface area (Å²) in [5.41, 5.74) is 2.63. The van der Waals surface area contributed by atoms with Gasteiger partial charge in [-0.3, -0.25) is 9.89 Å². The fourth-order valence-electron chi connectivity index (χ4n) is 5.80. The minimum absolute atomic E-state index is 0.0468. The van der Waals surface area contributed by atoms with Crippen LogP contribution in [0.5, 0.6) is 0 Å².